The molecule has 25 heavy (non-hydrogen) atoms. The Hall–Kier alpha value is -2.80. The van der Waals surface area contributed by atoms with Gasteiger partial charge in [0.05, 0.1) is 19.2 Å². The Morgan fingerprint density at radius 3 is 2.48 bits per heavy atom. The Labute approximate surface area is 149 Å². The molecule has 1 aromatic carbocycles. The maximum atomic E-state index is 11.7. The average molecular weight is 365 g/mol. The lowest BCUT2D eigenvalue weighted by Gasteiger charge is -2.07. The highest BCUT2D eigenvalue weighted by Crippen LogP contribution is 2.13. The summed E-state index contributed by atoms with van der Waals surface area (Å²) >= 11 is 5.74. The fourth-order valence-corrected chi connectivity index (χ4v) is 1.98. The van der Waals surface area contributed by atoms with Crippen molar-refractivity contribution in [3.8, 4) is 0 Å². The SMILES string of the molecule is O=C(CCC(=O)OCC(=O)Nc1ccc(Cl)cc1)NCc1ccco1. The molecule has 0 aliphatic rings. The van der Waals surface area contributed by atoms with Crippen LogP contribution in [0.25, 0.3) is 0 Å². The molecule has 2 amide bonds. The molecule has 8 heteroatoms. The van der Waals surface area contributed by atoms with Gasteiger partial charge in [-0.25, -0.2) is 0 Å². The van der Waals surface area contributed by atoms with Crippen molar-refractivity contribution in [3.63, 3.8) is 0 Å². The second-order valence-corrected chi connectivity index (χ2v) is 5.51. The number of rotatable bonds is 8. The van der Waals surface area contributed by atoms with Crippen LogP contribution in [0.1, 0.15) is 18.6 Å². The number of carbonyl (C=O) groups is 3. The minimum Gasteiger partial charge on any atom is -0.467 e. The van der Waals surface area contributed by atoms with Crippen molar-refractivity contribution in [2.75, 3.05) is 11.9 Å². The topological polar surface area (TPSA) is 97.6 Å². The van der Waals surface area contributed by atoms with Crippen LogP contribution >= 0.6 is 11.6 Å². The molecule has 1 heterocycles. The molecule has 1 aromatic heterocycles. The first-order chi connectivity index (χ1) is 12.0. The number of amides is 2. The van der Waals surface area contributed by atoms with Gasteiger partial charge in [0.1, 0.15) is 5.76 Å². The van der Waals surface area contributed by atoms with Crippen LogP contribution in [-0.4, -0.2) is 24.4 Å². The minimum atomic E-state index is -0.626. The molecule has 0 saturated heterocycles. The largest absolute Gasteiger partial charge is 0.467 e. The standard InChI is InChI=1S/C17H17ClN2O5/c18-12-3-5-13(6-4-12)20-16(22)11-25-17(23)8-7-15(21)19-10-14-2-1-9-24-14/h1-6,9H,7-8,10-11H2,(H,19,21)(H,20,22). The van der Waals surface area contributed by atoms with E-state index in [2.05, 4.69) is 10.6 Å². The van der Waals surface area contributed by atoms with Crippen molar-refractivity contribution in [1.82, 2.24) is 5.32 Å². The fourth-order valence-electron chi connectivity index (χ4n) is 1.85. The summed E-state index contributed by atoms with van der Waals surface area (Å²) in [7, 11) is 0. The molecule has 0 radical (unpaired) electrons. The Kier molecular flexibility index (Phi) is 7.03. The molecule has 0 fully saturated rings. The van der Waals surface area contributed by atoms with Crippen LogP contribution < -0.4 is 10.6 Å². The molecule has 2 N–H and O–H groups in total. The summed E-state index contributed by atoms with van der Waals surface area (Å²) in [6.07, 6.45) is 1.37. The molecule has 0 aliphatic heterocycles. The van der Waals surface area contributed by atoms with Crippen molar-refractivity contribution in [3.05, 3.63) is 53.4 Å². The third kappa shape index (κ3) is 7.09. The molecule has 0 aliphatic carbocycles. The number of esters is 1. The molecule has 0 spiro atoms. The molecule has 0 bridgehead atoms. The Balaban J connectivity index is 1.60. The van der Waals surface area contributed by atoms with E-state index >= 15 is 0 Å². The van der Waals surface area contributed by atoms with Gasteiger partial charge in [0.15, 0.2) is 6.61 Å². The molecule has 7 nitrogen and oxygen atoms in total. The van der Waals surface area contributed by atoms with Gasteiger partial charge in [0.2, 0.25) is 5.91 Å². The summed E-state index contributed by atoms with van der Waals surface area (Å²) in [4.78, 5) is 34.8. The monoisotopic (exact) mass is 364 g/mol. The normalized spacial score (nSPS) is 10.1. The Morgan fingerprint density at radius 2 is 1.80 bits per heavy atom. The van der Waals surface area contributed by atoms with Crippen LogP contribution in [-0.2, 0) is 25.7 Å². The van der Waals surface area contributed by atoms with E-state index in [-0.39, 0.29) is 25.3 Å². The zero-order chi connectivity index (χ0) is 18.1. The van der Waals surface area contributed by atoms with E-state index < -0.39 is 18.5 Å². The van der Waals surface area contributed by atoms with E-state index in [0.717, 1.165) is 0 Å². The number of halogens is 1. The predicted octanol–water partition coefficient (Wildman–Crippen LogP) is 2.51. The van der Waals surface area contributed by atoms with Crippen molar-refractivity contribution in [2.24, 2.45) is 0 Å². The molecule has 2 rings (SSSR count). The van der Waals surface area contributed by atoms with Crippen LogP contribution in [0, 0.1) is 0 Å². The number of benzene rings is 1. The second kappa shape index (κ2) is 9.48. The van der Waals surface area contributed by atoms with Crippen LogP contribution in [0.3, 0.4) is 0 Å². The van der Waals surface area contributed by atoms with E-state index in [1.165, 1.54) is 6.26 Å². The van der Waals surface area contributed by atoms with Gasteiger partial charge in [-0.2, -0.15) is 0 Å². The van der Waals surface area contributed by atoms with E-state index in [0.29, 0.717) is 16.5 Å². The van der Waals surface area contributed by atoms with Crippen LogP contribution in [0.2, 0.25) is 5.02 Å². The number of furan rings is 1. The molecule has 132 valence electrons. The average Bonchev–Trinajstić information content (AvgIpc) is 3.12. The number of nitrogens with one attached hydrogen (secondary N) is 2. The smallest absolute Gasteiger partial charge is 0.306 e. The first kappa shape index (κ1) is 18.5. The number of hydrogen-bond donors (Lipinski definition) is 2. The zero-order valence-corrected chi connectivity index (χ0v) is 14.0. The number of hydrogen-bond acceptors (Lipinski definition) is 5. The van der Waals surface area contributed by atoms with Gasteiger partial charge < -0.3 is 19.8 Å². The maximum Gasteiger partial charge on any atom is 0.306 e. The van der Waals surface area contributed by atoms with Crippen molar-refractivity contribution in [1.29, 1.82) is 0 Å². The zero-order valence-electron chi connectivity index (χ0n) is 13.3. The van der Waals surface area contributed by atoms with Gasteiger partial charge in [0.25, 0.3) is 5.91 Å². The summed E-state index contributed by atoms with van der Waals surface area (Å²) in [6.45, 7) is -0.167. The van der Waals surface area contributed by atoms with Crippen LogP contribution in [0.5, 0.6) is 0 Å². The molecule has 0 atom stereocenters. The lowest BCUT2D eigenvalue weighted by Crippen LogP contribution is -2.24. The summed E-state index contributed by atoms with van der Waals surface area (Å²) in [5.74, 6) is -0.786. The molecule has 2 aromatic rings. The van der Waals surface area contributed by atoms with Gasteiger partial charge in [-0.1, -0.05) is 11.6 Å². The third-order valence-electron chi connectivity index (χ3n) is 3.09. The highest BCUT2D eigenvalue weighted by Gasteiger charge is 2.11. The first-order valence-corrected chi connectivity index (χ1v) is 7.91. The third-order valence-corrected chi connectivity index (χ3v) is 3.34. The van der Waals surface area contributed by atoms with E-state index in [1.54, 1.807) is 36.4 Å². The van der Waals surface area contributed by atoms with Crippen molar-refractivity contribution < 1.29 is 23.5 Å². The highest BCUT2D eigenvalue weighted by atomic mass is 35.5. The number of anilines is 1. The summed E-state index contributed by atoms with van der Waals surface area (Å²) < 4.78 is 9.90. The molecular formula is C17H17ClN2O5. The lowest BCUT2D eigenvalue weighted by molar-refractivity contribution is -0.148. The minimum absolute atomic E-state index is 0.0294. The second-order valence-electron chi connectivity index (χ2n) is 5.07. The highest BCUT2D eigenvalue weighted by molar-refractivity contribution is 6.30. The summed E-state index contributed by atoms with van der Waals surface area (Å²) in [5.41, 5.74) is 0.544. The molecular weight excluding hydrogens is 348 g/mol. The Bertz CT molecular complexity index is 713. The van der Waals surface area contributed by atoms with Gasteiger partial charge in [-0.15, -0.1) is 0 Å². The van der Waals surface area contributed by atoms with Gasteiger partial charge in [0, 0.05) is 17.1 Å². The van der Waals surface area contributed by atoms with Crippen molar-refractivity contribution >= 4 is 35.1 Å². The molecule has 0 unspecified atom stereocenters. The van der Waals surface area contributed by atoms with E-state index in [9.17, 15) is 14.4 Å². The first-order valence-electron chi connectivity index (χ1n) is 7.53. The molecule has 0 saturated carbocycles. The van der Waals surface area contributed by atoms with Crippen LogP contribution in [0.15, 0.2) is 47.1 Å². The van der Waals surface area contributed by atoms with Gasteiger partial charge >= 0.3 is 5.97 Å². The predicted molar refractivity (Wildman–Crippen MR) is 90.8 cm³/mol. The number of ether oxygens (including phenoxy) is 1. The van der Waals surface area contributed by atoms with Crippen molar-refractivity contribution in [2.45, 2.75) is 19.4 Å². The Morgan fingerprint density at radius 1 is 1.04 bits per heavy atom. The van der Waals surface area contributed by atoms with Gasteiger partial charge in [-0.05, 0) is 36.4 Å². The quantitative estimate of drug-likeness (QED) is 0.701. The fraction of sp³-hybridized carbons (Fsp3) is 0.235. The summed E-state index contributed by atoms with van der Waals surface area (Å²) in [6, 6.07) is 9.97. The van der Waals surface area contributed by atoms with Crippen LogP contribution in [0.4, 0.5) is 5.69 Å². The maximum absolute atomic E-state index is 11.7. The summed E-state index contributed by atoms with van der Waals surface area (Å²) in [5, 5.41) is 5.72. The van der Waals surface area contributed by atoms with E-state index in [1.807, 2.05) is 0 Å². The van der Waals surface area contributed by atoms with Gasteiger partial charge in [-0.3, -0.25) is 14.4 Å². The number of carbonyl (C=O) groups excluding carboxylic acids is 3. The van der Waals surface area contributed by atoms with E-state index in [4.69, 9.17) is 20.8 Å². The lowest BCUT2D eigenvalue weighted by atomic mass is 10.3.